The second-order valence-corrected chi connectivity index (χ2v) is 7.32. The van der Waals surface area contributed by atoms with E-state index in [1.54, 1.807) is 11.0 Å². The fourth-order valence-electron chi connectivity index (χ4n) is 3.32. The van der Waals surface area contributed by atoms with Crippen LogP contribution < -0.4 is 16.4 Å². The average Bonchev–Trinajstić information content (AvgIpc) is 3.05. The van der Waals surface area contributed by atoms with E-state index in [4.69, 9.17) is 16.2 Å². The Kier molecular flexibility index (Phi) is 3.77. The predicted molar refractivity (Wildman–Crippen MR) is 89.6 cm³/mol. The number of hydrogen-bond acceptors (Lipinski definition) is 6. The van der Waals surface area contributed by atoms with Crippen molar-refractivity contribution in [2.24, 2.45) is 5.73 Å². The maximum absolute atomic E-state index is 12.3. The van der Waals surface area contributed by atoms with Crippen LogP contribution in [0.5, 0.6) is 0 Å². The highest BCUT2D eigenvalue weighted by molar-refractivity contribution is 5.98. The van der Waals surface area contributed by atoms with Gasteiger partial charge in [-0.2, -0.15) is 0 Å². The highest BCUT2D eigenvalue weighted by Gasteiger charge is 2.47. The number of anilines is 2. The first kappa shape index (κ1) is 16.4. The van der Waals surface area contributed by atoms with E-state index in [2.05, 4.69) is 9.88 Å². The molecule has 1 aromatic heterocycles. The monoisotopic (exact) mass is 333 g/mol. The van der Waals surface area contributed by atoms with Gasteiger partial charge in [0.25, 0.3) is 5.91 Å². The van der Waals surface area contributed by atoms with E-state index >= 15 is 0 Å². The lowest BCUT2D eigenvalue weighted by atomic mass is 10.2. The van der Waals surface area contributed by atoms with Crippen molar-refractivity contribution >= 4 is 23.5 Å². The number of pyridine rings is 1. The highest BCUT2D eigenvalue weighted by atomic mass is 16.6. The summed E-state index contributed by atoms with van der Waals surface area (Å²) in [5.74, 6) is 0.0882. The highest BCUT2D eigenvalue weighted by Crippen LogP contribution is 2.35. The van der Waals surface area contributed by atoms with Crippen LogP contribution in [0.3, 0.4) is 0 Å². The Labute approximate surface area is 140 Å². The molecule has 4 N–H and O–H groups in total. The summed E-state index contributed by atoms with van der Waals surface area (Å²) in [5, 5.41) is 0. The van der Waals surface area contributed by atoms with Gasteiger partial charge in [-0.1, -0.05) is 0 Å². The third-order valence-electron chi connectivity index (χ3n) is 4.35. The Bertz CT molecular complexity index is 685. The topological polar surface area (TPSA) is 115 Å². The van der Waals surface area contributed by atoms with E-state index in [9.17, 15) is 9.59 Å². The van der Waals surface area contributed by atoms with Gasteiger partial charge in [-0.3, -0.25) is 4.79 Å². The van der Waals surface area contributed by atoms with Crippen LogP contribution in [0.15, 0.2) is 12.3 Å². The van der Waals surface area contributed by atoms with Crippen LogP contribution in [0.4, 0.5) is 16.3 Å². The molecule has 0 aliphatic carbocycles. The van der Waals surface area contributed by atoms with Gasteiger partial charge in [0.1, 0.15) is 11.4 Å². The third-order valence-corrected chi connectivity index (χ3v) is 4.35. The molecule has 8 heteroatoms. The van der Waals surface area contributed by atoms with E-state index in [0.29, 0.717) is 18.9 Å². The van der Waals surface area contributed by atoms with Crippen molar-refractivity contribution in [3.63, 3.8) is 0 Å². The molecule has 3 rings (SSSR count). The van der Waals surface area contributed by atoms with Gasteiger partial charge < -0.3 is 26.0 Å². The predicted octanol–water partition coefficient (Wildman–Crippen LogP) is 0.961. The first-order valence-electron chi connectivity index (χ1n) is 7.97. The molecule has 0 spiro atoms. The summed E-state index contributed by atoms with van der Waals surface area (Å²) in [7, 11) is 0. The number of nitrogens with zero attached hydrogens (tertiary/aromatic N) is 3. The fourth-order valence-corrected chi connectivity index (χ4v) is 3.32. The average molecular weight is 333 g/mol. The van der Waals surface area contributed by atoms with Gasteiger partial charge in [-0.05, 0) is 33.3 Å². The minimum Gasteiger partial charge on any atom is -0.444 e. The largest absolute Gasteiger partial charge is 0.444 e. The van der Waals surface area contributed by atoms with E-state index < -0.39 is 11.5 Å². The Morgan fingerprint density at radius 2 is 2.00 bits per heavy atom. The number of aromatic nitrogens is 1. The molecule has 1 aromatic rings. The number of primary amides is 1. The van der Waals surface area contributed by atoms with Gasteiger partial charge in [0.05, 0.1) is 29.5 Å². The Morgan fingerprint density at radius 1 is 1.29 bits per heavy atom. The number of nitrogen functional groups attached to an aromatic ring is 1. The molecular weight excluding hydrogens is 310 g/mol. The van der Waals surface area contributed by atoms with E-state index in [1.807, 2.05) is 20.8 Å². The van der Waals surface area contributed by atoms with Crippen molar-refractivity contribution in [3.05, 3.63) is 17.8 Å². The maximum Gasteiger partial charge on any atom is 0.410 e. The molecule has 3 heterocycles. The summed E-state index contributed by atoms with van der Waals surface area (Å²) >= 11 is 0. The summed E-state index contributed by atoms with van der Waals surface area (Å²) < 4.78 is 5.46. The van der Waals surface area contributed by atoms with Crippen LogP contribution in [-0.2, 0) is 4.74 Å². The number of fused-ring (bicyclic) bond motifs is 2. The quantitative estimate of drug-likeness (QED) is 0.833. The lowest BCUT2D eigenvalue weighted by Gasteiger charge is -2.35. The minimum absolute atomic E-state index is 0.0845. The number of carbonyl (C=O) groups excluding carboxylic acids is 2. The number of likely N-dealkylation sites (tertiary alicyclic amines) is 1. The molecule has 2 atom stereocenters. The molecule has 2 saturated heterocycles. The second kappa shape index (κ2) is 5.54. The molecule has 2 aliphatic rings. The van der Waals surface area contributed by atoms with E-state index in [0.717, 1.165) is 6.42 Å². The number of ether oxygens (including phenoxy) is 1. The van der Waals surface area contributed by atoms with Gasteiger partial charge in [0.2, 0.25) is 0 Å². The SMILES string of the molecule is CC(C)(C)OC(=O)N1C[C@@H]2C[C@H]1CN2c1cc(C(N)=O)c(N)cn1. The van der Waals surface area contributed by atoms with Crippen LogP contribution in [0.25, 0.3) is 0 Å². The van der Waals surface area contributed by atoms with Gasteiger partial charge in [-0.15, -0.1) is 0 Å². The molecule has 0 unspecified atom stereocenters. The molecule has 0 aromatic carbocycles. The van der Waals surface area contributed by atoms with Gasteiger partial charge in [0.15, 0.2) is 0 Å². The van der Waals surface area contributed by atoms with Crippen molar-refractivity contribution in [2.75, 3.05) is 23.7 Å². The summed E-state index contributed by atoms with van der Waals surface area (Å²) in [6, 6.07) is 1.86. The lowest BCUT2D eigenvalue weighted by Crippen LogP contribution is -2.50. The molecule has 2 fully saturated rings. The van der Waals surface area contributed by atoms with Gasteiger partial charge >= 0.3 is 6.09 Å². The standard InChI is InChI=1S/C16H23N5O3/c1-16(2,3)24-15(23)21-8-9-4-10(21)7-20(9)13-5-11(14(18)22)12(17)6-19-13/h5-6,9-10H,4,7-8,17H2,1-3H3,(H2,18,22)/t9-,10-/m0/s1. The number of nitrogens with two attached hydrogens (primary N) is 2. The zero-order valence-electron chi connectivity index (χ0n) is 14.2. The van der Waals surface area contributed by atoms with Crippen molar-refractivity contribution in [2.45, 2.75) is 44.9 Å². The summed E-state index contributed by atoms with van der Waals surface area (Å²) in [6.07, 6.45) is 2.03. The number of rotatable bonds is 2. The summed E-state index contributed by atoms with van der Waals surface area (Å²) in [4.78, 5) is 31.9. The fraction of sp³-hybridized carbons (Fsp3) is 0.562. The van der Waals surface area contributed by atoms with Crippen LogP contribution in [0, 0.1) is 0 Å². The Balaban J connectivity index is 1.73. The first-order valence-corrected chi connectivity index (χ1v) is 7.97. The minimum atomic E-state index is -0.573. The van der Waals surface area contributed by atoms with Crippen molar-refractivity contribution < 1.29 is 14.3 Å². The number of hydrogen-bond donors (Lipinski definition) is 2. The summed E-state index contributed by atoms with van der Waals surface area (Å²) in [5.41, 5.74) is 11.1. The van der Waals surface area contributed by atoms with E-state index in [1.165, 1.54) is 6.20 Å². The van der Waals surface area contributed by atoms with Crippen molar-refractivity contribution in [1.82, 2.24) is 9.88 Å². The Morgan fingerprint density at radius 3 is 2.54 bits per heavy atom. The first-order chi connectivity index (χ1) is 11.2. The molecule has 2 bridgehead atoms. The maximum atomic E-state index is 12.3. The van der Waals surface area contributed by atoms with E-state index in [-0.39, 0.29) is 29.4 Å². The number of amides is 2. The van der Waals surface area contributed by atoms with Crippen molar-refractivity contribution in [1.29, 1.82) is 0 Å². The van der Waals surface area contributed by atoms with Gasteiger partial charge in [-0.25, -0.2) is 9.78 Å². The molecule has 0 radical (unpaired) electrons. The molecule has 2 amide bonds. The van der Waals surface area contributed by atoms with Crippen LogP contribution in [0.1, 0.15) is 37.6 Å². The summed E-state index contributed by atoms with van der Waals surface area (Å²) in [6.45, 7) is 6.80. The third kappa shape index (κ3) is 2.95. The molecule has 8 nitrogen and oxygen atoms in total. The van der Waals surface area contributed by atoms with Crippen LogP contribution >= 0.6 is 0 Å². The molecule has 24 heavy (non-hydrogen) atoms. The second-order valence-electron chi connectivity index (χ2n) is 7.32. The Hall–Kier alpha value is -2.51. The molecule has 130 valence electrons. The van der Waals surface area contributed by atoms with Crippen LogP contribution in [-0.4, -0.2) is 52.7 Å². The molecule has 0 saturated carbocycles. The number of carbonyl (C=O) groups is 2. The lowest BCUT2D eigenvalue weighted by molar-refractivity contribution is 0.0214. The smallest absolute Gasteiger partial charge is 0.410 e. The molecule has 2 aliphatic heterocycles. The normalized spacial score (nSPS) is 22.8. The number of piperazine rings is 1. The zero-order valence-corrected chi connectivity index (χ0v) is 14.2. The van der Waals surface area contributed by atoms with Gasteiger partial charge in [0, 0.05) is 13.1 Å². The van der Waals surface area contributed by atoms with Crippen LogP contribution in [0.2, 0.25) is 0 Å². The molecular formula is C16H23N5O3. The zero-order chi connectivity index (χ0) is 17.6. The van der Waals surface area contributed by atoms with Crippen molar-refractivity contribution in [3.8, 4) is 0 Å².